The summed E-state index contributed by atoms with van der Waals surface area (Å²) in [7, 11) is 0. The summed E-state index contributed by atoms with van der Waals surface area (Å²) in [6.07, 6.45) is -0.857. The SMILES string of the molecule is O=C(NC1CC(F)(F)C1)c1cc(NC(=O)C2C(c3cc(Cl)c(Cl)c(Cl)c3)C2(Cl)Cl)ccc1Cl. The van der Waals surface area contributed by atoms with Gasteiger partial charge in [-0.2, -0.15) is 0 Å². The summed E-state index contributed by atoms with van der Waals surface area (Å²) in [6.45, 7) is 0. The lowest BCUT2D eigenvalue weighted by molar-refractivity contribution is -0.117. The first-order chi connectivity index (χ1) is 15.3. The highest BCUT2D eigenvalue weighted by molar-refractivity contribution is 6.54. The molecule has 2 aliphatic carbocycles. The van der Waals surface area contributed by atoms with E-state index in [9.17, 15) is 18.4 Å². The first kappa shape index (κ1) is 25.1. The van der Waals surface area contributed by atoms with E-state index in [1.165, 1.54) is 18.2 Å². The van der Waals surface area contributed by atoms with E-state index in [0.717, 1.165) is 0 Å². The Morgan fingerprint density at radius 2 is 1.55 bits per heavy atom. The summed E-state index contributed by atoms with van der Waals surface area (Å²) in [6, 6.07) is 6.71. The fourth-order valence-corrected chi connectivity index (χ4v) is 5.49. The second-order valence-electron chi connectivity index (χ2n) is 8.05. The van der Waals surface area contributed by atoms with Crippen LogP contribution in [0.5, 0.6) is 0 Å². The predicted molar refractivity (Wildman–Crippen MR) is 128 cm³/mol. The van der Waals surface area contributed by atoms with Crippen LogP contribution in [0.3, 0.4) is 0 Å². The number of anilines is 1. The number of hydrogen-bond acceptors (Lipinski definition) is 2. The monoisotopic (exact) mass is 574 g/mol. The molecule has 4 nitrogen and oxygen atoms in total. The lowest BCUT2D eigenvalue weighted by atomic mass is 9.88. The van der Waals surface area contributed by atoms with Crippen LogP contribution in [-0.2, 0) is 4.79 Å². The number of nitrogens with one attached hydrogen (secondary N) is 2. The molecular weight excluding hydrogens is 563 g/mol. The number of halogens is 8. The van der Waals surface area contributed by atoms with Crippen molar-refractivity contribution in [2.24, 2.45) is 5.92 Å². The molecule has 2 atom stereocenters. The van der Waals surface area contributed by atoms with Gasteiger partial charge in [0.05, 0.1) is 31.6 Å². The van der Waals surface area contributed by atoms with Crippen molar-refractivity contribution in [3.63, 3.8) is 0 Å². The largest absolute Gasteiger partial charge is 0.349 e. The van der Waals surface area contributed by atoms with Crippen molar-refractivity contribution in [2.45, 2.75) is 35.1 Å². The molecule has 176 valence electrons. The molecule has 2 aromatic rings. The minimum Gasteiger partial charge on any atom is -0.349 e. The first-order valence-electron chi connectivity index (χ1n) is 9.61. The summed E-state index contributed by atoms with van der Waals surface area (Å²) < 4.78 is 24.6. The number of carbonyl (C=O) groups excluding carboxylic acids is 2. The minimum atomic E-state index is -2.77. The fourth-order valence-electron chi connectivity index (χ4n) is 3.85. The van der Waals surface area contributed by atoms with Crippen molar-refractivity contribution in [2.75, 3.05) is 5.32 Å². The van der Waals surface area contributed by atoms with Crippen LogP contribution < -0.4 is 10.6 Å². The molecule has 0 aromatic heterocycles. The Morgan fingerprint density at radius 3 is 2.12 bits per heavy atom. The van der Waals surface area contributed by atoms with Crippen molar-refractivity contribution < 1.29 is 18.4 Å². The molecule has 2 N–H and O–H groups in total. The Kier molecular flexibility index (Phi) is 6.75. The number of hydrogen-bond donors (Lipinski definition) is 2. The van der Waals surface area contributed by atoms with Crippen LogP contribution in [0.2, 0.25) is 20.1 Å². The second-order valence-corrected chi connectivity index (χ2v) is 11.1. The van der Waals surface area contributed by atoms with Gasteiger partial charge in [-0.25, -0.2) is 8.78 Å². The Hall–Kier alpha value is -1.02. The smallest absolute Gasteiger partial charge is 0.253 e. The van der Waals surface area contributed by atoms with Crippen LogP contribution in [0.4, 0.5) is 14.5 Å². The zero-order valence-corrected chi connectivity index (χ0v) is 20.9. The van der Waals surface area contributed by atoms with Gasteiger partial charge >= 0.3 is 0 Å². The minimum absolute atomic E-state index is 0.0382. The van der Waals surface area contributed by atoms with Crippen molar-refractivity contribution in [3.05, 3.63) is 61.5 Å². The van der Waals surface area contributed by atoms with Gasteiger partial charge in [0.2, 0.25) is 5.91 Å². The van der Waals surface area contributed by atoms with Gasteiger partial charge in [0.1, 0.15) is 4.33 Å². The average molecular weight is 577 g/mol. The van der Waals surface area contributed by atoms with E-state index in [0.29, 0.717) is 5.56 Å². The van der Waals surface area contributed by atoms with Gasteiger partial charge in [0, 0.05) is 30.5 Å². The number of amides is 2. The molecule has 0 bridgehead atoms. The van der Waals surface area contributed by atoms with Gasteiger partial charge in [-0.15, -0.1) is 23.2 Å². The Labute approximate surface area is 217 Å². The van der Waals surface area contributed by atoms with Gasteiger partial charge in [-0.3, -0.25) is 9.59 Å². The van der Waals surface area contributed by atoms with E-state index >= 15 is 0 Å². The van der Waals surface area contributed by atoms with E-state index in [1.807, 2.05) is 0 Å². The maximum Gasteiger partial charge on any atom is 0.253 e. The van der Waals surface area contributed by atoms with Crippen LogP contribution >= 0.6 is 69.6 Å². The van der Waals surface area contributed by atoms with E-state index < -0.39 is 52.8 Å². The van der Waals surface area contributed by atoms with Gasteiger partial charge in [-0.05, 0) is 35.9 Å². The lowest BCUT2D eigenvalue weighted by Gasteiger charge is -2.35. The zero-order valence-electron chi connectivity index (χ0n) is 16.4. The summed E-state index contributed by atoms with van der Waals surface area (Å²) in [5.74, 6) is -5.32. The molecule has 0 aliphatic heterocycles. The molecule has 33 heavy (non-hydrogen) atoms. The van der Waals surface area contributed by atoms with E-state index in [2.05, 4.69) is 10.6 Å². The highest BCUT2D eigenvalue weighted by Gasteiger charge is 2.67. The maximum atomic E-state index is 13.0. The normalized spacial score (nSPS) is 22.9. The maximum absolute atomic E-state index is 13.0. The number of benzene rings is 2. The zero-order chi connectivity index (χ0) is 24.3. The molecule has 12 heteroatoms. The van der Waals surface area contributed by atoms with E-state index in [-0.39, 0.29) is 31.3 Å². The number of alkyl halides is 4. The van der Waals surface area contributed by atoms with Gasteiger partial charge < -0.3 is 10.6 Å². The Bertz CT molecular complexity index is 1130. The van der Waals surface area contributed by atoms with Crippen LogP contribution in [0, 0.1) is 5.92 Å². The molecule has 2 aromatic carbocycles. The van der Waals surface area contributed by atoms with Crippen molar-refractivity contribution in [1.29, 1.82) is 0 Å². The predicted octanol–water partition coefficient (Wildman–Crippen LogP) is 7.35. The van der Waals surface area contributed by atoms with Gasteiger partial charge in [0.15, 0.2) is 0 Å². The fraction of sp³-hybridized carbons (Fsp3) is 0.333. The molecular formula is C21H14Cl6F2N2O2. The number of rotatable bonds is 5. The molecule has 4 rings (SSSR count). The summed E-state index contributed by atoms with van der Waals surface area (Å²) in [5, 5.41) is 5.85. The van der Waals surface area contributed by atoms with Gasteiger partial charge in [0.25, 0.3) is 11.8 Å². The van der Waals surface area contributed by atoms with Crippen molar-refractivity contribution in [3.8, 4) is 0 Å². The Morgan fingerprint density at radius 1 is 0.939 bits per heavy atom. The standard InChI is InChI=1S/C21H14Cl6F2N2O2/c22-12-2-1-9(5-11(12)18(32)31-10-6-20(28,29)7-10)30-19(33)16-15(21(16,26)27)8-3-13(23)17(25)14(24)4-8/h1-5,10,15-16H,6-7H2,(H,30,33)(H,31,32). The third kappa shape index (κ3) is 5.02. The molecule has 2 saturated carbocycles. The summed E-state index contributed by atoms with van der Waals surface area (Å²) in [5.41, 5.74) is 0.847. The van der Waals surface area contributed by atoms with E-state index in [4.69, 9.17) is 69.6 Å². The van der Waals surface area contributed by atoms with Crippen LogP contribution in [0.15, 0.2) is 30.3 Å². The topological polar surface area (TPSA) is 58.2 Å². The first-order valence-corrected chi connectivity index (χ1v) is 11.9. The summed E-state index contributed by atoms with van der Waals surface area (Å²) in [4.78, 5) is 25.4. The highest BCUT2D eigenvalue weighted by atomic mass is 35.5. The molecule has 0 heterocycles. The van der Waals surface area contributed by atoms with Crippen molar-refractivity contribution >= 4 is 87.1 Å². The highest BCUT2D eigenvalue weighted by Crippen LogP contribution is 2.65. The molecule has 2 unspecified atom stereocenters. The van der Waals surface area contributed by atoms with Gasteiger partial charge in [-0.1, -0.05) is 46.4 Å². The second kappa shape index (κ2) is 8.89. The average Bonchev–Trinajstić information content (AvgIpc) is 3.27. The molecule has 2 amide bonds. The Balaban J connectivity index is 1.47. The van der Waals surface area contributed by atoms with Crippen LogP contribution in [-0.4, -0.2) is 28.1 Å². The number of carbonyl (C=O) groups is 2. The van der Waals surface area contributed by atoms with E-state index in [1.54, 1.807) is 12.1 Å². The molecule has 0 saturated heterocycles. The van der Waals surface area contributed by atoms with Crippen LogP contribution in [0.25, 0.3) is 0 Å². The third-order valence-corrected chi connectivity index (χ3v) is 8.07. The third-order valence-electron chi connectivity index (χ3n) is 5.61. The molecule has 0 spiro atoms. The molecule has 0 radical (unpaired) electrons. The molecule has 2 aliphatic rings. The summed E-state index contributed by atoms with van der Waals surface area (Å²) >= 11 is 36.9. The quantitative estimate of drug-likeness (QED) is 0.289. The van der Waals surface area contributed by atoms with Crippen molar-refractivity contribution in [1.82, 2.24) is 5.32 Å². The molecule has 2 fully saturated rings. The lowest BCUT2D eigenvalue weighted by Crippen LogP contribution is -2.50. The van der Waals surface area contributed by atoms with Crippen LogP contribution in [0.1, 0.15) is 34.7 Å².